The SMILES string of the molecule is CC(C)CC(N)C(=O)NC(CCC(N)=O)C(=O)NC(C=O)CCCN=C(N)N. The molecule has 0 aliphatic rings. The van der Waals surface area contributed by atoms with E-state index in [0.717, 1.165) is 0 Å². The molecular weight excluding hydrogens is 366 g/mol. The van der Waals surface area contributed by atoms with E-state index >= 15 is 0 Å². The Balaban J connectivity index is 4.88. The van der Waals surface area contributed by atoms with Crippen molar-refractivity contribution >= 4 is 30.0 Å². The Hall–Kier alpha value is -2.69. The first kappa shape index (κ1) is 25.3. The number of rotatable bonds is 14. The maximum absolute atomic E-state index is 12.5. The summed E-state index contributed by atoms with van der Waals surface area (Å²) in [6, 6.07) is -2.59. The van der Waals surface area contributed by atoms with E-state index in [1.165, 1.54) is 0 Å². The molecule has 0 radical (unpaired) electrons. The number of primary amides is 1. The van der Waals surface area contributed by atoms with Crippen molar-refractivity contribution in [2.75, 3.05) is 6.54 Å². The quantitative estimate of drug-likeness (QED) is 0.0824. The van der Waals surface area contributed by atoms with Crippen molar-refractivity contribution in [3.8, 4) is 0 Å². The molecule has 0 aliphatic carbocycles. The zero-order valence-corrected chi connectivity index (χ0v) is 16.5. The molecule has 3 unspecified atom stereocenters. The Morgan fingerprint density at radius 1 is 1.04 bits per heavy atom. The molecule has 3 amide bonds. The van der Waals surface area contributed by atoms with E-state index in [0.29, 0.717) is 32.1 Å². The first-order valence-corrected chi connectivity index (χ1v) is 9.22. The summed E-state index contributed by atoms with van der Waals surface area (Å²) in [5.74, 6) is -1.57. The molecule has 0 aliphatic heterocycles. The smallest absolute Gasteiger partial charge is 0.243 e. The van der Waals surface area contributed by atoms with Gasteiger partial charge in [0.05, 0.1) is 12.1 Å². The van der Waals surface area contributed by atoms with Crippen LogP contribution in [0, 0.1) is 5.92 Å². The van der Waals surface area contributed by atoms with Gasteiger partial charge >= 0.3 is 0 Å². The first-order valence-electron chi connectivity index (χ1n) is 9.22. The first-order chi connectivity index (χ1) is 13.1. The van der Waals surface area contributed by atoms with Gasteiger partial charge in [-0.05, 0) is 31.6 Å². The summed E-state index contributed by atoms with van der Waals surface area (Å²) in [5, 5.41) is 5.07. The van der Waals surface area contributed by atoms with Crippen LogP contribution < -0.4 is 33.6 Å². The van der Waals surface area contributed by atoms with Gasteiger partial charge in [0.25, 0.3) is 0 Å². The van der Waals surface area contributed by atoms with Gasteiger partial charge in [-0.1, -0.05) is 13.8 Å². The molecule has 11 nitrogen and oxygen atoms in total. The molecule has 28 heavy (non-hydrogen) atoms. The number of nitrogens with two attached hydrogens (primary N) is 4. The fourth-order valence-corrected chi connectivity index (χ4v) is 2.43. The van der Waals surface area contributed by atoms with E-state index in [1.807, 2.05) is 13.8 Å². The van der Waals surface area contributed by atoms with Gasteiger partial charge in [0.2, 0.25) is 17.7 Å². The average Bonchev–Trinajstić information content (AvgIpc) is 2.59. The molecule has 10 N–H and O–H groups in total. The molecule has 0 rings (SSSR count). The lowest BCUT2D eigenvalue weighted by Crippen LogP contribution is -2.53. The Labute approximate surface area is 165 Å². The van der Waals surface area contributed by atoms with Crippen molar-refractivity contribution in [1.82, 2.24) is 10.6 Å². The van der Waals surface area contributed by atoms with Gasteiger partial charge < -0.3 is 38.4 Å². The number of amides is 3. The van der Waals surface area contributed by atoms with Gasteiger partial charge in [-0.15, -0.1) is 0 Å². The molecule has 3 atom stereocenters. The number of nitrogens with one attached hydrogen (secondary N) is 2. The van der Waals surface area contributed by atoms with E-state index in [2.05, 4.69) is 15.6 Å². The standard InChI is InChI=1S/C17H33N7O4/c1-10(2)8-12(18)15(27)24-13(5-6-14(19)26)16(28)23-11(9-25)4-3-7-22-17(20)21/h9-13H,3-8,18H2,1-2H3,(H2,19,26)(H,23,28)(H,24,27)(H4,20,21,22). The van der Waals surface area contributed by atoms with E-state index in [1.54, 1.807) is 0 Å². The van der Waals surface area contributed by atoms with Gasteiger partial charge in [-0.3, -0.25) is 19.4 Å². The summed E-state index contributed by atoms with van der Waals surface area (Å²) in [6.45, 7) is 4.15. The van der Waals surface area contributed by atoms with Crippen molar-refractivity contribution in [3.05, 3.63) is 0 Å². The second kappa shape index (κ2) is 13.5. The fraction of sp³-hybridized carbons (Fsp3) is 0.706. The fourth-order valence-electron chi connectivity index (χ4n) is 2.43. The molecule has 0 saturated heterocycles. The minimum atomic E-state index is -1.03. The Bertz CT molecular complexity index is 562. The second-order valence-electron chi connectivity index (χ2n) is 7.00. The van der Waals surface area contributed by atoms with Gasteiger partial charge in [0.1, 0.15) is 12.3 Å². The van der Waals surface area contributed by atoms with Crippen molar-refractivity contribution < 1.29 is 19.2 Å². The van der Waals surface area contributed by atoms with E-state index in [4.69, 9.17) is 22.9 Å². The van der Waals surface area contributed by atoms with Gasteiger partial charge in [0, 0.05) is 13.0 Å². The van der Waals surface area contributed by atoms with Crippen molar-refractivity contribution in [1.29, 1.82) is 0 Å². The normalized spacial score (nSPS) is 13.9. The van der Waals surface area contributed by atoms with Crippen LogP contribution in [0.1, 0.15) is 46.0 Å². The molecule has 0 aromatic rings. The molecule has 0 heterocycles. The Kier molecular flexibility index (Phi) is 12.2. The van der Waals surface area contributed by atoms with Crippen LogP contribution in [0.25, 0.3) is 0 Å². The number of hydrogen-bond acceptors (Lipinski definition) is 6. The van der Waals surface area contributed by atoms with Gasteiger partial charge in [0.15, 0.2) is 5.96 Å². The molecule has 0 spiro atoms. The van der Waals surface area contributed by atoms with Crippen LogP contribution in [0.3, 0.4) is 0 Å². The van der Waals surface area contributed by atoms with Crippen LogP contribution >= 0.6 is 0 Å². The average molecular weight is 399 g/mol. The lowest BCUT2D eigenvalue weighted by atomic mass is 10.0. The summed E-state index contributed by atoms with van der Waals surface area (Å²) < 4.78 is 0. The molecule has 0 fully saturated rings. The summed E-state index contributed by atoms with van der Waals surface area (Å²) in [5.41, 5.74) is 21.4. The van der Waals surface area contributed by atoms with Crippen LogP contribution in [0.2, 0.25) is 0 Å². The van der Waals surface area contributed by atoms with E-state index in [-0.39, 0.29) is 24.7 Å². The zero-order chi connectivity index (χ0) is 21.7. The summed E-state index contributed by atoms with van der Waals surface area (Å²) >= 11 is 0. The van der Waals surface area contributed by atoms with E-state index < -0.39 is 35.8 Å². The number of aliphatic imine (C=N–C) groups is 1. The maximum Gasteiger partial charge on any atom is 0.243 e. The number of carbonyl (C=O) groups is 4. The number of nitrogens with zero attached hydrogens (tertiary/aromatic N) is 1. The lowest BCUT2D eigenvalue weighted by Gasteiger charge is -2.22. The van der Waals surface area contributed by atoms with Crippen LogP contribution in [-0.2, 0) is 19.2 Å². The summed E-state index contributed by atoms with van der Waals surface area (Å²) in [6.07, 6.45) is 1.71. The minimum absolute atomic E-state index is 0.000876. The van der Waals surface area contributed by atoms with E-state index in [9.17, 15) is 19.2 Å². The third kappa shape index (κ3) is 11.8. The lowest BCUT2D eigenvalue weighted by molar-refractivity contribution is -0.131. The molecule has 0 saturated carbocycles. The monoisotopic (exact) mass is 399 g/mol. The highest BCUT2D eigenvalue weighted by Gasteiger charge is 2.26. The Morgan fingerprint density at radius 2 is 1.68 bits per heavy atom. The number of carbonyl (C=O) groups excluding carboxylic acids is 4. The topological polar surface area (TPSA) is 209 Å². The summed E-state index contributed by atoms with van der Waals surface area (Å²) in [4.78, 5) is 50.8. The largest absolute Gasteiger partial charge is 0.370 e. The molecular formula is C17H33N7O4. The van der Waals surface area contributed by atoms with Crippen LogP contribution in [-0.4, -0.2) is 54.6 Å². The van der Waals surface area contributed by atoms with Crippen LogP contribution in [0.5, 0.6) is 0 Å². The number of hydrogen-bond donors (Lipinski definition) is 6. The van der Waals surface area contributed by atoms with Gasteiger partial charge in [-0.25, -0.2) is 0 Å². The van der Waals surface area contributed by atoms with Crippen molar-refractivity contribution in [3.63, 3.8) is 0 Å². The second-order valence-corrected chi connectivity index (χ2v) is 7.00. The van der Waals surface area contributed by atoms with Gasteiger partial charge in [-0.2, -0.15) is 0 Å². The van der Waals surface area contributed by atoms with Crippen LogP contribution in [0.4, 0.5) is 0 Å². The number of guanidine groups is 1. The zero-order valence-electron chi connectivity index (χ0n) is 16.5. The molecule has 0 aromatic heterocycles. The number of aldehydes is 1. The highest BCUT2D eigenvalue weighted by Crippen LogP contribution is 2.05. The maximum atomic E-state index is 12.5. The predicted octanol–water partition coefficient (Wildman–Crippen LogP) is -2.15. The third-order valence-electron chi connectivity index (χ3n) is 3.83. The van der Waals surface area contributed by atoms with Crippen molar-refractivity contribution in [2.24, 2.45) is 33.8 Å². The Morgan fingerprint density at radius 3 is 2.18 bits per heavy atom. The molecule has 0 aromatic carbocycles. The minimum Gasteiger partial charge on any atom is -0.370 e. The molecule has 11 heteroatoms. The highest BCUT2D eigenvalue weighted by molar-refractivity contribution is 5.91. The summed E-state index contributed by atoms with van der Waals surface area (Å²) in [7, 11) is 0. The molecule has 160 valence electrons. The molecule has 0 bridgehead atoms. The third-order valence-corrected chi connectivity index (χ3v) is 3.83. The highest BCUT2D eigenvalue weighted by atomic mass is 16.2. The predicted molar refractivity (Wildman–Crippen MR) is 106 cm³/mol. The van der Waals surface area contributed by atoms with Crippen molar-refractivity contribution in [2.45, 2.75) is 64.1 Å². The van der Waals surface area contributed by atoms with Crippen LogP contribution in [0.15, 0.2) is 4.99 Å².